The maximum atomic E-state index is 12.3. The van der Waals surface area contributed by atoms with Crippen LogP contribution in [0.1, 0.15) is 30.1 Å². The number of piperidine rings is 1. The molecule has 1 aliphatic rings. The van der Waals surface area contributed by atoms with Gasteiger partial charge in [0.1, 0.15) is 0 Å². The first kappa shape index (κ1) is 15.9. The quantitative estimate of drug-likeness (QED) is 0.874. The maximum Gasteiger partial charge on any atom is 0.251 e. The van der Waals surface area contributed by atoms with Crippen molar-refractivity contribution in [2.45, 2.75) is 25.8 Å². The molecule has 0 saturated carbocycles. The summed E-state index contributed by atoms with van der Waals surface area (Å²) in [5, 5.41) is 2.99. The number of nitrogens with one attached hydrogen (secondary N) is 2. The Morgan fingerprint density at radius 2 is 2.13 bits per heavy atom. The van der Waals surface area contributed by atoms with Crippen molar-refractivity contribution in [3.63, 3.8) is 0 Å². The van der Waals surface area contributed by atoms with E-state index in [9.17, 15) is 13.2 Å². The lowest BCUT2D eigenvalue weighted by Gasteiger charge is -2.31. The molecule has 2 N–H and O–H groups in total. The monoisotopic (exact) mass is 336 g/mol. The Hall–Kier alpha value is -1.93. The minimum absolute atomic E-state index is 0.00303. The van der Waals surface area contributed by atoms with E-state index in [0.29, 0.717) is 31.5 Å². The third-order valence-corrected chi connectivity index (χ3v) is 6.11. The molecule has 0 bridgehead atoms. The summed E-state index contributed by atoms with van der Waals surface area (Å²) in [6.45, 7) is 2.57. The van der Waals surface area contributed by atoms with Gasteiger partial charge in [-0.15, -0.1) is 0 Å². The summed E-state index contributed by atoms with van der Waals surface area (Å²) in [5.41, 5.74) is 2.21. The van der Waals surface area contributed by atoms with Crippen LogP contribution >= 0.6 is 0 Å². The van der Waals surface area contributed by atoms with Gasteiger partial charge in [0.05, 0.1) is 23.1 Å². The number of hydrogen-bond donors (Lipinski definition) is 2. The Bertz CT molecular complexity index is 807. The fraction of sp³-hybridized carbons (Fsp3) is 0.467. The normalized spacial score (nSPS) is 17.4. The summed E-state index contributed by atoms with van der Waals surface area (Å²) >= 11 is 0. The zero-order valence-electron chi connectivity index (χ0n) is 12.9. The minimum Gasteiger partial charge on any atom is -0.349 e. The van der Waals surface area contributed by atoms with Crippen LogP contribution in [-0.2, 0) is 10.0 Å². The predicted molar refractivity (Wildman–Crippen MR) is 87.6 cm³/mol. The molecule has 3 rings (SSSR count). The van der Waals surface area contributed by atoms with E-state index in [4.69, 9.17) is 0 Å². The van der Waals surface area contributed by atoms with Crippen LogP contribution in [0.3, 0.4) is 0 Å². The van der Waals surface area contributed by atoms with Gasteiger partial charge in [-0.2, -0.15) is 0 Å². The Morgan fingerprint density at radius 1 is 1.39 bits per heavy atom. The molecule has 1 aliphatic heterocycles. The van der Waals surface area contributed by atoms with E-state index in [-0.39, 0.29) is 17.7 Å². The SMILES string of the molecule is CCS(=O)(=O)N1CCC(NC(=O)c2ccc3nc[nH]c3c2)CC1. The first-order chi connectivity index (χ1) is 11.0. The lowest BCUT2D eigenvalue weighted by atomic mass is 10.1. The van der Waals surface area contributed by atoms with Gasteiger partial charge in [0.15, 0.2) is 0 Å². The van der Waals surface area contributed by atoms with Crippen molar-refractivity contribution < 1.29 is 13.2 Å². The molecule has 2 aromatic rings. The van der Waals surface area contributed by atoms with Crippen molar-refractivity contribution in [2.75, 3.05) is 18.8 Å². The molecule has 1 fully saturated rings. The molecule has 0 radical (unpaired) electrons. The number of fused-ring (bicyclic) bond motifs is 1. The highest BCUT2D eigenvalue weighted by atomic mass is 32.2. The van der Waals surface area contributed by atoms with Gasteiger partial charge >= 0.3 is 0 Å². The number of hydrogen-bond acceptors (Lipinski definition) is 4. The number of aromatic nitrogens is 2. The number of aromatic amines is 1. The molecular weight excluding hydrogens is 316 g/mol. The van der Waals surface area contributed by atoms with E-state index in [1.165, 1.54) is 4.31 Å². The zero-order valence-corrected chi connectivity index (χ0v) is 13.8. The third kappa shape index (κ3) is 3.37. The second kappa shape index (κ2) is 6.29. The van der Waals surface area contributed by atoms with Gasteiger partial charge in [0, 0.05) is 24.7 Å². The topological polar surface area (TPSA) is 95.2 Å². The van der Waals surface area contributed by atoms with Gasteiger partial charge in [-0.3, -0.25) is 4.79 Å². The highest BCUT2D eigenvalue weighted by Crippen LogP contribution is 2.16. The Labute approximate surface area is 135 Å². The maximum absolute atomic E-state index is 12.3. The molecule has 0 unspecified atom stereocenters. The number of rotatable bonds is 4. The first-order valence-corrected chi connectivity index (χ1v) is 9.32. The number of imidazole rings is 1. The summed E-state index contributed by atoms with van der Waals surface area (Å²) in [5.74, 6) is -0.0212. The number of benzene rings is 1. The molecule has 2 heterocycles. The van der Waals surface area contributed by atoms with Crippen molar-refractivity contribution in [1.82, 2.24) is 19.6 Å². The highest BCUT2D eigenvalue weighted by Gasteiger charge is 2.27. The largest absolute Gasteiger partial charge is 0.349 e. The lowest BCUT2D eigenvalue weighted by molar-refractivity contribution is 0.0924. The van der Waals surface area contributed by atoms with Crippen LogP contribution in [-0.4, -0.2) is 53.5 Å². The van der Waals surface area contributed by atoms with Crippen LogP contribution in [0.2, 0.25) is 0 Å². The van der Waals surface area contributed by atoms with E-state index >= 15 is 0 Å². The fourth-order valence-corrected chi connectivity index (χ4v) is 3.94. The van der Waals surface area contributed by atoms with Crippen molar-refractivity contribution >= 4 is 27.0 Å². The van der Waals surface area contributed by atoms with E-state index in [1.807, 2.05) is 0 Å². The molecule has 0 spiro atoms. The molecule has 1 aromatic carbocycles. The second-order valence-corrected chi connectivity index (χ2v) is 7.94. The first-order valence-electron chi connectivity index (χ1n) is 7.71. The number of carbonyl (C=O) groups is 1. The molecule has 1 aromatic heterocycles. The van der Waals surface area contributed by atoms with Crippen LogP contribution in [0.15, 0.2) is 24.5 Å². The molecule has 1 saturated heterocycles. The van der Waals surface area contributed by atoms with Crippen molar-refractivity contribution in [2.24, 2.45) is 0 Å². The van der Waals surface area contributed by atoms with Crippen LogP contribution < -0.4 is 5.32 Å². The van der Waals surface area contributed by atoms with Crippen LogP contribution in [0.4, 0.5) is 0 Å². The summed E-state index contributed by atoms with van der Waals surface area (Å²) < 4.78 is 25.2. The Balaban J connectivity index is 1.61. The molecule has 0 aliphatic carbocycles. The standard InChI is InChI=1S/C15H20N4O3S/c1-2-23(21,22)19-7-5-12(6-8-19)18-15(20)11-3-4-13-14(9-11)17-10-16-13/h3-4,9-10,12H,2,5-8H2,1H3,(H,16,17)(H,18,20). The number of amides is 1. The molecule has 7 nitrogen and oxygen atoms in total. The van der Waals surface area contributed by atoms with E-state index < -0.39 is 10.0 Å². The Morgan fingerprint density at radius 3 is 2.83 bits per heavy atom. The van der Waals surface area contributed by atoms with Crippen molar-refractivity contribution in [3.05, 3.63) is 30.1 Å². The molecule has 8 heteroatoms. The predicted octanol–water partition coefficient (Wildman–Crippen LogP) is 1.11. The second-order valence-electron chi connectivity index (χ2n) is 5.68. The molecule has 1 amide bonds. The summed E-state index contributed by atoms with van der Waals surface area (Å²) in [6.07, 6.45) is 2.87. The Kier molecular flexibility index (Phi) is 4.36. The minimum atomic E-state index is -3.13. The van der Waals surface area contributed by atoms with Gasteiger partial charge in [-0.05, 0) is 38.0 Å². The van der Waals surface area contributed by atoms with Crippen LogP contribution in [0.25, 0.3) is 11.0 Å². The number of carbonyl (C=O) groups excluding carboxylic acids is 1. The van der Waals surface area contributed by atoms with E-state index in [2.05, 4.69) is 15.3 Å². The molecule has 0 atom stereocenters. The van der Waals surface area contributed by atoms with Crippen LogP contribution in [0.5, 0.6) is 0 Å². The van der Waals surface area contributed by atoms with Crippen LogP contribution in [0, 0.1) is 0 Å². The van der Waals surface area contributed by atoms with E-state index in [1.54, 1.807) is 31.5 Å². The molecular formula is C15H20N4O3S. The number of H-pyrrole nitrogens is 1. The highest BCUT2D eigenvalue weighted by molar-refractivity contribution is 7.89. The average Bonchev–Trinajstić information content (AvgIpc) is 3.03. The van der Waals surface area contributed by atoms with Crippen molar-refractivity contribution in [3.8, 4) is 0 Å². The summed E-state index contributed by atoms with van der Waals surface area (Å²) in [7, 11) is -3.13. The van der Waals surface area contributed by atoms with Crippen molar-refractivity contribution in [1.29, 1.82) is 0 Å². The number of nitrogens with zero attached hydrogens (tertiary/aromatic N) is 2. The molecule has 23 heavy (non-hydrogen) atoms. The van der Waals surface area contributed by atoms with Gasteiger partial charge in [-0.25, -0.2) is 17.7 Å². The van der Waals surface area contributed by atoms with Gasteiger partial charge in [-0.1, -0.05) is 0 Å². The summed E-state index contributed by atoms with van der Waals surface area (Å²) in [6, 6.07) is 5.32. The molecule has 124 valence electrons. The smallest absolute Gasteiger partial charge is 0.251 e. The summed E-state index contributed by atoms with van der Waals surface area (Å²) in [4.78, 5) is 19.4. The van der Waals surface area contributed by atoms with E-state index in [0.717, 1.165) is 11.0 Å². The fourth-order valence-electron chi connectivity index (χ4n) is 2.81. The van der Waals surface area contributed by atoms with Gasteiger partial charge < -0.3 is 10.3 Å². The zero-order chi connectivity index (χ0) is 16.4. The van der Waals surface area contributed by atoms with Gasteiger partial charge in [0.2, 0.25) is 10.0 Å². The average molecular weight is 336 g/mol. The number of sulfonamides is 1. The lowest BCUT2D eigenvalue weighted by Crippen LogP contribution is -2.46. The third-order valence-electron chi connectivity index (χ3n) is 4.23. The van der Waals surface area contributed by atoms with Gasteiger partial charge in [0.25, 0.3) is 5.91 Å².